The molecule has 4 heteroatoms. The molecule has 22 heavy (non-hydrogen) atoms. The average Bonchev–Trinajstić information content (AvgIpc) is 2.50. The molecule has 0 aliphatic carbocycles. The van der Waals surface area contributed by atoms with Crippen LogP contribution < -0.4 is 10.1 Å². The number of anilines is 1. The van der Waals surface area contributed by atoms with Crippen molar-refractivity contribution in [2.24, 2.45) is 0 Å². The molecule has 0 aliphatic rings. The molecule has 0 unspecified atom stereocenters. The third-order valence-corrected chi connectivity index (χ3v) is 3.62. The zero-order valence-corrected chi connectivity index (χ0v) is 13.6. The van der Waals surface area contributed by atoms with Gasteiger partial charge in [-0.2, -0.15) is 0 Å². The van der Waals surface area contributed by atoms with Crippen LogP contribution in [0.3, 0.4) is 0 Å². The van der Waals surface area contributed by atoms with Crippen LogP contribution in [0.5, 0.6) is 5.75 Å². The number of rotatable bonds is 6. The summed E-state index contributed by atoms with van der Waals surface area (Å²) in [7, 11) is 0. The number of hydrogen-bond donors (Lipinski definition) is 1. The second-order valence-electron chi connectivity index (χ2n) is 5.35. The Labute approximate surface area is 136 Å². The lowest BCUT2D eigenvalue weighted by Crippen LogP contribution is -2.15. The molecule has 2 aromatic carbocycles. The Kier molecular flexibility index (Phi) is 5.84. The van der Waals surface area contributed by atoms with E-state index in [1.165, 1.54) is 5.56 Å². The monoisotopic (exact) mass is 317 g/mol. The Hall–Kier alpha value is -2.00. The van der Waals surface area contributed by atoms with E-state index in [2.05, 4.69) is 19.2 Å². The van der Waals surface area contributed by atoms with Gasteiger partial charge in [-0.25, -0.2) is 0 Å². The van der Waals surface area contributed by atoms with E-state index in [0.717, 1.165) is 5.75 Å². The Balaban J connectivity index is 1.78. The summed E-state index contributed by atoms with van der Waals surface area (Å²) in [5, 5.41) is 3.30. The van der Waals surface area contributed by atoms with Gasteiger partial charge in [-0.3, -0.25) is 4.79 Å². The number of ether oxygens (including phenoxy) is 1. The van der Waals surface area contributed by atoms with E-state index >= 15 is 0 Å². The highest BCUT2D eigenvalue weighted by Crippen LogP contribution is 2.21. The third-order valence-electron chi connectivity index (χ3n) is 3.29. The van der Waals surface area contributed by atoms with Gasteiger partial charge in [0.25, 0.3) is 0 Å². The topological polar surface area (TPSA) is 38.3 Å². The van der Waals surface area contributed by atoms with Gasteiger partial charge in [-0.1, -0.05) is 49.7 Å². The summed E-state index contributed by atoms with van der Waals surface area (Å²) in [5.74, 6) is 1.15. The van der Waals surface area contributed by atoms with Gasteiger partial charge < -0.3 is 10.1 Å². The summed E-state index contributed by atoms with van der Waals surface area (Å²) >= 11 is 5.99. The van der Waals surface area contributed by atoms with Crippen molar-refractivity contribution < 1.29 is 9.53 Å². The lowest BCUT2D eigenvalue weighted by Gasteiger charge is -2.10. The van der Waals surface area contributed by atoms with E-state index in [-0.39, 0.29) is 12.3 Å². The molecule has 0 radical (unpaired) electrons. The highest BCUT2D eigenvalue weighted by molar-refractivity contribution is 6.33. The number of hydrogen-bond acceptors (Lipinski definition) is 2. The summed E-state index contributed by atoms with van der Waals surface area (Å²) in [4.78, 5) is 11.8. The van der Waals surface area contributed by atoms with E-state index in [1.54, 1.807) is 12.1 Å². The standard InChI is InChI=1S/C18H20ClNO2/c1-13(2)14-7-9-15(10-8-14)22-12-11-18(21)20-17-6-4-3-5-16(17)19/h3-10,13H,11-12H2,1-2H3,(H,20,21). The van der Waals surface area contributed by atoms with E-state index in [4.69, 9.17) is 16.3 Å². The van der Waals surface area contributed by atoms with Crippen molar-refractivity contribution in [1.29, 1.82) is 0 Å². The van der Waals surface area contributed by atoms with Crippen LogP contribution in [-0.4, -0.2) is 12.5 Å². The second kappa shape index (κ2) is 7.85. The summed E-state index contributed by atoms with van der Waals surface area (Å²) in [5.41, 5.74) is 1.89. The molecule has 116 valence electrons. The fourth-order valence-corrected chi connectivity index (χ4v) is 2.17. The molecular weight excluding hydrogens is 298 g/mol. The number of halogens is 1. The van der Waals surface area contributed by atoms with Crippen LogP contribution in [0.1, 0.15) is 31.7 Å². The fourth-order valence-electron chi connectivity index (χ4n) is 1.99. The van der Waals surface area contributed by atoms with E-state index in [1.807, 2.05) is 36.4 Å². The van der Waals surface area contributed by atoms with Gasteiger partial charge in [0, 0.05) is 0 Å². The van der Waals surface area contributed by atoms with Gasteiger partial charge in [0.1, 0.15) is 5.75 Å². The van der Waals surface area contributed by atoms with Crippen LogP contribution in [-0.2, 0) is 4.79 Å². The van der Waals surface area contributed by atoms with Crippen LogP contribution in [0.4, 0.5) is 5.69 Å². The summed E-state index contributed by atoms with van der Waals surface area (Å²) in [6, 6.07) is 15.1. The highest BCUT2D eigenvalue weighted by Gasteiger charge is 2.06. The van der Waals surface area contributed by atoms with Crippen molar-refractivity contribution in [1.82, 2.24) is 0 Å². The second-order valence-corrected chi connectivity index (χ2v) is 5.76. The maximum absolute atomic E-state index is 11.8. The lowest BCUT2D eigenvalue weighted by molar-refractivity contribution is -0.116. The van der Waals surface area contributed by atoms with Crippen LogP contribution in [0, 0.1) is 0 Å². The molecule has 0 saturated carbocycles. The van der Waals surface area contributed by atoms with Gasteiger partial charge in [0.2, 0.25) is 5.91 Å². The van der Waals surface area contributed by atoms with E-state index < -0.39 is 0 Å². The van der Waals surface area contributed by atoms with E-state index in [0.29, 0.717) is 23.2 Å². The zero-order valence-electron chi connectivity index (χ0n) is 12.8. The van der Waals surface area contributed by atoms with Crippen molar-refractivity contribution >= 4 is 23.2 Å². The molecule has 0 aromatic heterocycles. The van der Waals surface area contributed by atoms with Crippen LogP contribution >= 0.6 is 11.6 Å². The first-order valence-electron chi connectivity index (χ1n) is 7.33. The maximum Gasteiger partial charge on any atom is 0.227 e. The molecule has 2 aromatic rings. The summed E-state index contributed by atoms with van der Waals surface area (Å²) < 4.78 is 5.59. The molecule has 0 fully saturated rings. The Morgan fingerprint density at radius 1 is 1.14 bits per heavy atom. The predicted octanol–water partition coefficient (Wildman–Crippen LogP) is 4.87. The first-order chi connectivity index (χ1) is 10.6. The number of benzene rings is 2. The molecule has 3 nitrogen and oxygen atoms in total. The van der Waals surface area contributed by atoms with Crippen molar-refractivity contribution in [3.05, 3.63) is 59.1 Å². The normalized spacial score (nSPS) is 10.5. The zero-order chi connectivity index (χ0) is 15.9. The molecule has 0 spiro atoms. The number of amides is 1. The number of carbonyl (C=O) groups is 1. The molecule has 1 N–H and O–H groups in total. The molecule has 0 saturated heterocycles. The third kappa shape index (κ3) is 4.78. The largest absolute Gasteiger partial charge is 0.493 e. The smallest absolute Gasteiger partial charge is 0.227 e. The molecule has 2 rings (SSSR count). The summed E-state index contributed by atoms with van der Waals surface area (Å²) in [6.07, 6.45) is 0.275. The van der Waals surface area contributed by atoms with Gasteiger partial charge in [-0.15, -0.1) is 0 Å². The minimum atomic E-state index is -0.119. The molecule has 1 amide bonds. The number of carbonyl (C=O) groups excluding carboxylic acids is 1. The number of para-hydroxylation sites is 1. The Morgan fingerprint density at radius 2 is 1.82 bits per heavy atom. The van der Waals surface area contributed by atoms with E-state index in [9.17, 15) is 4.79 Å². The first kappa shape index (κ1) is 16.4. The molecule has 0 heterocycles. The van der Waals surface area contributed by atoms with Gasteiger partial charge in [0.15, 0.2) is 0 Å². The Morgan fingerprint density at radius 3 is 2.45 bits per heavy atom. The number of nitrogens with one attached hydrogen (secondary N) is 1. The molecule has 0 atom stereocenters. The SMILES string of the molecule is CC(C)c1ccc(OCCC(=O)Nc2ccccc2Cl)cc1. The van der Waals surface area contributed by atoms with Crippen molar-refractivity contribution in [2.45, 2.75) is 26.2 Å². The van der Waals surface area contributed by atoms with Gasteiger partial charge >= 0.3 is 0 Å². The maximum atomic E-state index is 11.8. The predicted molar refractivity (Wildman–Crippen MR) is 90.7 cm³/mol. The minimum absolute atomic E-state index is 0.119. The van der Waals surface area contributed by atoms with Crippen LogP contribution in [0.2, 0.25) is 5.02 Å². The molecule has 0 bridgehead atoms. The molecular formula is C18H20ClNO2. The van der Waals surface area contributed by atoms with Crippen molar-refractivity contribution in [3.8, 4) is 5.75 Å². The average molecular weight is 318 g/mol. The quantitative estimate of drug-likeness (QED) is 0.825. The van der Waals surface area contributed by atoms with Crippen molar-refractivity contribution in [2.75, 3.05) is 11.9 Å². The first-order valence-corrected chi connectivity index (χ1v) is 7.71. The van der Waals surface area contributed by atoms with Crippen molar-refractivity contribution in [3.63, 3.8) is 0 Å². The minimum Gasteiger partial charge on any atom is -0.493 e. The lowest BCUT2D eigenvalue weighted by atomic mass is 10.0. The van der Waals surface area contributed by atoms with Crippen LogP contribution in [0.25, 0.3) is 0 Å². The van der Waals surface area contributed by atoms with Crippen LogP contribution in [0.15, 0.2) is 48.5 Å². The van der Waals surface area contributed by atoms with Gasteiger partial charge in [-0.05, 0) is 35.7 Å². The summed E-state index contributed by atoms with van der Waals surface area (Å²) in [6.45, 7) is 4.63. The van der Waals surface area contributed by atoms with Gasteiger partial charge in [0.05, 0.1) is 23.7 Å². The molecule has 0 aliphatic heterocycles. The highest BCUT2D eigenvalue weighted by atomic mass is 35.5. The fraction of sp³-hybridized carbons (Fsp3) is 0.278. The Bertz CT molecular complexity index is 623.